The van der Waals surface area contributed by atoms with Crippen LogP contribution in [0.15, 0.2) is 12.4 Å². The Bertz CT molecular complexity index is 574. The summed E-state index contributed by atoms with van der Waals surface area (Å²) in [5.74, 6) is 0.883. The van der Waals surface area contributed by atoms with Crippen molar-refractivity contribution in [1.82, 2.24) is 20.0 Å². The van der Waals surface area contributed by atoms with Crippen LogP contribution in [0.2, 0.25) is 0 Å². The van der Waals surface area contributed by atoms with Crippen molar-refractivity contribution in [3.8, 4) is 11.3 Å². The molecule has 1 N–H and O–H groups in total. The minimum Gasteiger partial charge on any atom is -0.368 e. The van der Waals surface area contributed by atoms with Crippen molar-refractivity contribution in [2.75, 3.05) is 11.9 Å². The summed E-state index contributed by atoms with van der Waals surface area (Å²) in [5.41, 5.74) is 4.28. The van der Waals surface area contributed by atoms with Gasteiger partial charge in [-0.1, -0.05) is 13.8 Å². The number of nitrogens with zero attached hydrogens (tertiary/aromatic N) is 4. The second-order valence-corrected chi connectivity index (χ2v) is 5.07. The van der Waals surface area contributed by atoms with E-state index in [2.05, 4.69) is 48.3 Å². The van der Waals surface area contributed by atoms with Gasteiger partial charge in [0.25, 0.3) is 0 Å². The Morgan fingerprint density at radius 3 is 2.60 bits per heavy atom. The van der Waals surface area contributed by atoms with Gasteiger partial charge in [0, 0.05) is 24.8 Å². The highest BCUT2D eigenvalue weighted by molar-refractivity contribution is 5.65. The monoisotopic (exact) mass is 273 g/mol. The van der Waals surface area contributed by atoms with Crippen molar-refractivity contribution in [3.63, 3.8) is 0 Å². The molecule has 0 bridgehead atoms. The summed E-state index contributed by atoms with van der Waals surface area (Å²) in [5, 5.41) is 16.4. The normalized spacial score (nSPS) is 10.8. The van der Waals surface area contributed by atoms with Gasteiger partial charge < -0.3 is 5.32 Å². The molecule has 0 radical (unpaired) electrons. The molecule has 0 unspecified atom stereocenters. The molecule has 0 aliphatic carbocycles. The van der Waals surface area contributed by atoms with Crippen LogP contribution in [0.25, 0.3) is 11.3 Å². The van der Waals surface area contributed by atoms with E-state index in [4.69, 9.17) is 0 Å². The zero-order chi connectivity index (χ0) is 14.5. The van der Waals surface area contributed by atoms with E-state index in [1.54, 1.807) is 0 Å². The lowest BCUT2D eigenvalue weighted by atomic mass is 10.1. The third-order valence-electron chi connectivity index (χ3n) is 3.42. The number of rotatable bonds is 6. The number of aromatic nitrogens is 4. The van der Waals surface area contributed by atoms with Crippen molar-refractivity contribution in [2.24, 2.45) is 0 Å². The molecule has 0 aliphatic heterocycles. The van der Waals surface area contributed by atoms with Crippen LogP contribution in [-0.4, -0.2) is 26.5 Å². The fourth-order valence-electron chi connectivity index (χ4n) is 2.13. The average Bonchev–Trinajstić information content (AvgIpc) is 2.89. The lowest BCUT2D eigenvalue weighted by Gasteiger charge is -2.11. The van der Waals surface area contributed by atoms with Crippen LogP contribution in [0.3, 0.4) is 0 Å². The van der Waals surface area contributed by atoms with Gasteiger partial charge in [-0.05, 0) is 37.8 Å². The first-order valence-corrected chi connectivity index (χ1v) is 7.27. The maximum atomic E-state index is 4.37. The molecule has 0 atom stereocenters. The van der Waals surface area contributed by atoms with E-state index in [0.29, 0.717) is 0 Å². The van der Waals surface area contributed by atoms with Crippen molar-refractivity contribution in [3.05, 3.63) is 23.5 Å². The van der Waals surface area contributed by atoms with Gasteiger partial charge in [0.05, 0.1) is 11.9 Å². The van der Waals surface area contributed by atoms with Crippen molar-refractivity contribution >= 4 is 5.82 Å². The van der Waals surface area contributed by atoms with E-state index in [0.717, 1.165) is 54.1 Å². The first-order chi connectivity index (χ1) is 9.67. The fraction of sp³-hybridized carbons (Fsp3) is 0.533. The molecule has 2 aromatic rings. The van der Waals surface area contributed by atoms with Gasteiger partial charge in [-0.15, -0.1) is 10.2 Å². The molecule has 5 nitrogen and oxygen atoms in total. The predicted octanol–water partition coefficient (Wildman–Crippen LogP) is 3.19. The SMILES string of the molecule is CCCNc1nnc(-c2cnn(CCC)c2)c(C)c1C. The van der Waals surface area contributed by atoms with E-state index in [-0.39, 0.29) is 0 Å². The van der Waals surface area contributed by atoms with Crippen LogP contribution >= 0.6 is 0 Å². The van der Waals surface area contributed by atoms with Crippen LogP contribution < -0.4 is 5.32 Å². The number of nitrogens with one attached hydrogen (secondary N) is 1. The van der Waals surface area contributed by atoms with E-state index in [1.165, 1.54) is 0 Å². The quantitative estimate of drug-likeness (QED) is 0.878. The van der Waals surface area contributed by atoms with Crippen LogP contribution in [0, 0.1) is 13.8 Å². The Labute approximate surface area is 120 Å². The Kier molecular flexibility index (Phi) is 4.71. The van der Waals surface area contributed by atoms with Gasteiger partial charge in [0.1, 0.15) is 0 Å². The summed E-state index contributed by atoms with van der Waals surface area (Å²) in [6, 6.07) is 0. The number of hydrogen-bond acceptors (Lipinski definition) is 4. The Hall–Kier alpha value is -1.91. The summed E-state index contributed by atoms with van der Waals surface area (Å²) in [4.78, 5) is 0. The largest absolute Gasteiger partial charge is 0.368 e. The van der Waals surface area contributed by atoms with Crippen LogP contribution in [0.1, 0.15) is 37.8 Å². The smallest absolute Gasteiger partial charge is 0.151 e. The highest BCUT2D eigenvalue weighted by Gasteiger charge is 2.12. The summed E-state index contributed by atoms with van der Waals surface area (Å²) < 4.78 is 1.95. The van der Waals surface area contributed by atoms with Crippen molar-refractivity contribution < 1.29 is 0 Å². The minimum absolute atomic E-state index is 0.883. The molecular weight excluding hydrogens is 250 g/mol. The molecule has 5 heteroatoms. The molecule has 0 aliphatic rings. The molecule has 2 rings (SSSR count). The first kappa shape index (κ1) is 14.5. The van der Waals surface area contributed by atoms with Crippen molar-refractivity contribution in [1.29, 1.82) is 0 Å². The molecule has 0 saturated heterocycles. The third kappa shape index (κ3) is 2.98. The van der Waals surface area contributed by atoms with Crippen molar-refractivity contribution in [2.45, 2.75) is 47.1 Å². The summed E-state index contributed by atoms with van der Waals surface area (Å²) in [7, 11) is 0. The minimum atomic E-state index is 0.883. The Morgan fingerprint density at radius 1 is 1.10 bits per heavy atom. The maximum Gasteiger partial charge on any atom is 0.151 e. The second kappa shape index (κ2) is 6.50. The van der Waals surface area contributed by atoms with Crippen LogP contribution in [0.4, 0.5) is 5.82 Å². The Balaban J connectivity index is 2.30. The molecule has 20 heavy (non-hydrogen) atoms. The van der Waals surface area contributed by atoms with Gasteiger partial charge >= 0.3 is 0 Å². The maximum absolute atomic E-state index is 4.37. The van der Waals surface area contributed by atoms with E-state index < -0.39 is 0 Å². The van der Waals surface area contributed by atoms with Gasteiger partial charge in [-0.3, -0.25) is 4.68 Å². The molecular formula is C15H23N5. The molecule has 2 aromatic heterocycles. The Morgan fingerprint density at radius 2 is 1.90 bits per heavy atom. The van der Waals surface area contributed by atoms with E-state index in [1.807, 2.05) is 17.1 Å². The standard InChI is InChI=1S/C15H23N5/c1-5-7-16-15-12(4)11(3)14(18-19-15)13-9-17-20(10-13)8-6-2/h9-10H,5-8H2,1-4H3,(H,16,19). The average molecular weight is 273 g/mol. The zero-order valence-electron chi connectivity index (χ0n) is 12.8. The number of aryl methyl sites for hydroxylation is 1. The van der Waals surface area contributed by atoms with Crippen LogP contribution in [0.5, 0.6) is 0 Å². The molecule has 2 heterocycles. The molecule has 108 valence electrons. The number of anilines is 1. The van der Waals surface area contributed by atoms with E-state index >= 15 is 0 Å². The summed E-state index contributed by atoms with van der Waals surface area (Å²) >= 11 is 0. The topological polar surface area (TPSA) is 55.6 Å². The van der Waals surface area contributed by atoms with Gasteiger partial charge in [-0.2, -0.15) is 5.10 Å². The predicted molar refractivity (Wildman–Crippen MR) is 81.8 cm³/mol. The third-order valence-corrected chi connectivity index (χ3v) is 3.42. The molecule has 0 spiro atoms. The lowest BCUT2D eigenvalue weighted by Crippen LogP contribution is -2.07. The van der Waals surface area contributed by atoms with Crippen LogP contribution in [-0.2, 0) is 6.54 Å². The second-order valence-electron chi connectivity index (χ2n) is 5.07. The highest BCUT2D eigenvalue weighted by atomic mass is 15.3. The van der Waals surface area contributed by atoms with Gasteiger partial charge in [-0.25, -0.2) is 0 Å². The summed E-state index contributed by atoms with van der Waals surface area (Å²) in [6.07, 6.45) is 6.06. The molecule has 0 fully saturated rings. The first-order valence-electron chi connectivity index (χ1n) is 7.27. The number of hydrogen-bond donors (Lipinski definition) is 1. The molecule has 0 amide bonds. The molecule has 0 saturated carbocycles. The lowest BCUT2D eigenvalue weighted by molar-refractivity contribution is 0.603. The van der Waals surface area contributed by atoms with Gasteiger partial charge in [0.2, 0.25) is 0 Å². The van der Waals surface area contributed by atoms with E-state index in [9.17, 15) is 0 Å². The highest BCUT2D eigenvalue weighted by Crippen LogP contribution is 2.25. The summed E-state index contributed by atoms with van der Waals surface area (Å²) in [6.45, 7) is 10.3. The molecule has 0 aromatic carbocycles. The zero-order valence-corrected chi connectivity index (χ0v) is 12.8. The fourth-order valence-corrected chi connectivity index (χ4v) is 2.13. The van der Waals surface area contributed by atoms with Gasteiger partial charge in [0.15, 0.2) is 5.82 Å².